The van der Waals surface area contributed by atoms with E-state index in [-0.39, 0.29) is 0 Å². The van der Waals surface area contributed by atoms with Crippen LogP contribution >= 0.6 is 0 Å². The van der Waals surface area contributed by atoms with Crippen molar-refractivity contribution in [2.24, 2.45) is 0 Å². The van der Waals surface area contributed by atoms with Gasteiger partial charge in [-0.25, -0.2) is 8.42 Å². The second kappa shape index (κ2) is 2.72. The normalized spacial score (nSPS) is 13.2. The van der Waals surface area contributed by atoms with E-state index in [1.54, 1.807) is 5.10 Å². The summed E-state index contributed by atoms with van der Waals surface area (Å²) in [6.07, 6.45) is -3.40. The summed E-state index contributed by atoms with van der Waals surface area (Å²) >= 11 is 0. The second-order valence-corrected chi connectivity index (χ2v) is 4.36. The average Bonchev–Trinajstić information content (AvgIpc) is 2.27. The van der Waals surface area contributed by atoms with Crippen LogP contribution in [0.1, 0.15) is 5.69 Å². The molecule has 74 valence electrons. The van der Waals surface area contributed by atoms with Gasteiger partial charge in [-0.15, -0.1) is 0 Å². The molecule has 0 atom stereocenters. The van der Waals surface area contributed by atoms with E-state index in [0.29, 0.717) is 12.5 Å². The lowest BCUT2D eigenvalue weighted by molar-refractivity contribution is -0.143. The number of aromatic nitrogens is 2. The standard InChI is InChI=1S/C5H5F3N2O2S/c1-13(11,12)3-2-9-10-4(3)5(6,7)8/h2H,1H3,(H,9,10). The lowest BCUT2D eigenvalue weighted by Crippen LogP contribution is -2.11. The lowest BCUT2D eigenvalue weighted by Gasteiger charge is -2.04. The van der Waals surface area contributed by atoms with Crippen LogP contribution in [0.2, 0.25) is 0 Å². The van der Waals surface area contributed by atoms with Crippen molar-refractivity contribution in [2.45, 2.75) is 11.1 Å². The molecule has 1 heterocycles. The highest BCUT2D eigenvalue weighted by molar-refractivity contribution is 7.90. The maximum absolute atomic E-state index is 12.1. The first kappa shape index (κ1) is 10.0. The fourth-order valence-corrected chi connectivity index (χ4v) is 1.54. The van der Waals surface area contributed by atoms with Crippen LogP contribution in [0, 0.1) is 0 Å². The topological polar surface area (TPSA) is 62.8 Å². The first-order valence-corrected chi connectivity index (χ1v) is 4.92. The van der Waals surface area contributed by atoms with Gasteiger partial charge in [-0.05, 0) is 0 Å². The summed E-state index contributed by atoms with van der Waals surface area (Å²) in [4.78, 5) is -0.833. The highest BCUT2D eigenvalue weighted by Crippen LogP contribution is 2.31. The van der Waals surface area contributed by atoms with Crippen molar-refractivity contribution in [3.05, 3.63) is 11.9 Å². The van der Waals surface area contributed by atoms with Crippen molar-refractivity contribution in [1.29, 1.82) is 0 Å². The Labute approximate surface area is 71.7 Å². The van der Waals surface area contributed by atoms with Crippen LogP contribution < -0.4 is 0 Å². The number of hydrogen-bond acceptors (Lipinski definition) is 3. The van der Waals surface area contributed by atoms with E-state index in [2.05, 4.69) is 5.10 Å². The molecule has 0 aliphatic heterocycles. The van der Waals surface area contributed by atoms with E-state index in [1.165, 1.54) is 0 Å². The number of nitrogens with one attached hydrogen (secondary N) is 1. The Hall–Kier alpha value is -1.05. The van der Waals surface area contributed by atoms with Gasteiger partial charge < -0.3 is 0 Å². The predicted octanol–water partition coefficient (Wildman–Crippen LogP) is 0.832. The van der Waals surface area contributed by atoms with Gasteiger partial charge in [0.1, 0.15) is 4.90 Å². The third-order valence-corrected chi connectivity index (χ3v) is 2.40. The number of H-pyrrole nitrogens is 1. The number of hydrogen-bond donors (Lipinski definition) is 1. The van der Waals surface area contributed by atoms with Gasteiger partial charge >= 0.3 is 6.18 Å². The smallest absolute Gasteiger partial charge is 0.272 e. The monoisotopic (exact) mass is 214 g/mol. The van der Waals surface area contributed by atoms with Crippen LogP contribution in [0.4, 0.5) is 13.2 Å². The van der Waals surface area contributed by atoms with Crippen molar-refractivity contribution in [3.8, 4) is 0 Å². The summed E-state index contributed by atoms with van der Waals surface area (Å²) in [5.41, 5.74) is -1.34. The van der Waals surface area contributed by atoms with Crippen LogP contribution in [0.25, 0.3) is 0 Å². The molecule has 0 spiro atoms. The molecule has 0 unspecified atom stereocenters. The van der Waals surface area contributed by atoms with Gasteiger partial charge in [-0.2, -0.15) is 18.3 Å². The van der Waals surface area contributed by atoms with E-state index in [0.717, 1.165) is 0 Å². The summed E-state index contributed by atoms with van der Waals surface area (Å²) in [6, 6.07) is 0. The molecule has 1 rings (SSSR count). The number of alkyl halides is 3. The third-order valence-electron chi connectivity index (χ3n) is 1.29. The van der Waals surface area contributed by atoms with Gasteiger partial charge in [-0.3, -0.25) is 5.10 Å². The van der Waals surface area contributed by atoms with Crippen LogP contribution in [0.15, 0.2) is 11.1 Å². The van der Waals surface area contributed by atoms with Gasteiger partial charge in [0.25, 0.3) is 0 Å². The number of halogens is 3. The molecule has 1 aromatic rings. The lowest BCUT2D eigenvalue weighted by atomic mass is 10.4. The Morgan fingerprint density at radius 2 is 2.00 bits per heavy atom. The molecule has 0 fully saturated rings. The molecule has 0 amide bonds. The fourth-order valence-electron chi connectivity index (χ4n) is 0.759. The Kier molecular flexibility index (Phi) is 2.10. The highest BCUT2D eigenvalue weighted by Gasteiger charge is 2.38. The molecule has 1 aromatic heterocycles. The largest absolute Gasteiger partial charge is 0.434 e. The summed E-state index contributed by atoms with van der Waals surface area (Å²) in [7, 11) is -3.89. The molecule has 0 saturated carbocycles. The Bertz CT molecular complexity index is 406. The molecule has 0 saturated heterocycles. The van der Waals surface area contributed by atoms with Crippen LogP contribution in [0.5, 0.6) is 0 Å². The van der Waals surface area contributed by atoms with Gasteiger partial charge in [0, 0.05) is 6.26 Å². The fraction of sp³-hybridized carbons (Fsp3) is 0.400. The summed E-state index contributed by atoms with van der Waals surface area (Å²) in [6.45, 7) is 0. The first-order chi connectivity index (χ1) is 5.73. The Balaban J connectivity index is 3.35. The number of aromatic amines is 1. The molecule has 0 aromatic carbocycles. The molecule has 0 bridgehead atoms. The van der Waals surface area contributed by atoms with Gasteiger partial charge in [0.05, 0.1) is 6.20 Å². The zero-order valence-electron chi connectivity index (χ0n) is 6.38. The summed E-state index contributed by atoms with van der Waals surface area (Å²) < 4.78 is 57.8. The van der Waals surface area contributed by atoms with Crippen LogP contribution in [0.3, 0.4) is 0 Å². The average molecular weight is 214 g/mol. The van der Waals surface area contributed by atoms with Crippen molar-refractivity contribution in [3.63, 3.8) is 0 Å². The molecular weight excluding hydrogens is 209 g/mol. The molecule has 1 N–H and O–H groups in total. The van der Waals surface area contributed by atoms with Crippen molar-refractivity contribution < 1.29 is 21.6 Å². The number of rotatable bonds is 1. The molecular formula is C5H5F3N2O2S. The van der Waals surface area contributed by atoms with Crippen LogP contribution in [-0.4, -0.2) is 24.9 Å². The third kappa shape index (κ3) is 2.00. The zero-order chi connectivity index (χ0) is 10.3. The molecule has 8 heteroatoms. The number of nitrogens with zero attached hydrogens (tertiary/aromatic N) is 1. The molecule has 0 aliphatic rings. The van der Waals surface area contributed by atoms with E-state index in [1.807, 2.05) is 0 Å². The predicted molar refractivity (Wildman–Crippen MR) is 36.7 cm³/mol. The molecule has 0 radical (unpaired) electrons. The Morgan fingerprint density at radius 1 is 1.46 bits per heavy atom. The summed E-state index contributed by atoms with van der Waals surface area (Å²) in [5.74, 6) is 0. The minimum absolute atomic E-state index is 0.637. The quantitative estimate of drug-likeness (QED) is 0.753. The maximum Gasteiger partial charge on any atom is 0.434 e. The van der Waals surface area contributed by atoms with Gasteiger partial charge in [-0.1, -0.05) is 0 Å². The molecule has 13 heavy (non-hydrogen) atoms. The first-order valence-electron chi connectivity index (χ1n) is 3.03. The SMILES string of the molecule is CS(=O)(=O)c1cn[nH]c1C(F)(F)F. The van der Waals surface area contributed by atoms with Crippen molar-refractivity contribution in [2.75, 3.05) is 6.26 Å². The van der Waals surface area contributed by atoms with Crippen molar-refractivity contribution >= 4 is 9.84 Å². The van der Waals surface area contributed by atoms with Gasteiger partial charge in [0.15, 0.2) is 15.5 Å². The van der Waals surface area contributed by atoms with Gasteiger partial charge in [0.2, 0.25) is 0 Å². The van der Waals surface area contributed by atoms with E-state index >= 15 is 0 Å². The minimum Gasteiger partial charge on any atom is -0.272 e. The van der Waals surface area contributed by atoms with E-state index in [9.17, 15) is 21.6 Å². The highest BCUT2D eigenvalue weighted by atomic mass is 32.2. The molecule has 0 aliphatic carbocycles. The van der Waals surface area contributed by atoms with E-state index in [4.69, 9.17) is 0 Å². The maximum atomic E-state index is 12.1. The molecule has 4 nitrogen and oxygen atoms in total. The number of sulfone groups is 1. The zero-order valence-corrected chi connectivity index (χ0v) is 7.20. The second-order valence-electron chi connectivity index (χ2n) is 2.38. The minimum atomic E-state index is -4.73. The van der Waals surface area contributed by atoms with E-state index < -0.39 is 26.6 Å². The summed E-state index contributed by atoms with van der Waals surface area (Å²) in [5, 5.41) is 4.63. The van der Waals surface area contributed by atoms with Crippen LogP contribution in [-0.2, 0) is 16.0 Å². The Morgan fingerprint density at radius 3 is 2.31 bits per heavy atom. The van der Waals surface area contributed by atoms with Crippen molar-refractivity contribution in [1.82, 2.24) is 10.2 Å².